The van der Waals surface area contributed by atoms with Crippen LogP contribution in [0.3, 0.4) is 0 Å². The molecule has 1 saturated heterocycles. The molecule has 1 fully saturated rings. The Morgan fingerprint density at radius 2 is 1.53 bits per heavy atom. The summed E-state index contributed by atoms with van der Waals surface area (Å²) in [5.74, 6) is -3.55. The molecule has 0 spiro atoms. The number of halogens is 1. The number of rotatable bonds is 4. The van der Waals surface area contributed by atoms with Crippen molar-refractivity contribution in [3.63, 3.8) is 0 Å². The number of alkyl halides is 1. The Balaban J connectivity index is 0.000000313. The van der Waals surface area contributed by atoms with Gasteiger partial charge in [0.15, 0.2) is 24.6 Å². The summed E-state index contributed by atoms with van der Waals surface area (Å²) in [6.07, 6.45) is -6.54. The molecule has 1 aromatic heterocycles. The maximum atomic E-state index is 12.0. The SMILES string of the molecule is COC(=O)[C@@]1(Br)O[C@@H](O)[C@H](OC(C)=O)[C@@H](OC(C)=O)[C@@H]1OC(C)=O.Cc1cc(=O)oc2ccccc12. The first-order valence-electron chi connectivity index (χ1n) is 10.4. The molecule has 1 aliphatic heterocycles. The fourth-order valence-corrected chi connectivity index (χ4v) is 4.10. The van der Waals surface area contributed by atoms with Gasteiger partial charge in [-0.05, 0) is 34.5 Å². The molecule has 2 heterocycles. The highest BCUT2D eigenvalue weighted by Gasteiger charge is 2.63. The molecule has 0 bridgehead atoms. The lowest BCUT2D eigenvalue weighted by Gasteiger charge is -2.45. The number of carbonyl (C=O) groups excluding carboxylic acids is 4. The van der Waals surface area contributed by atoms with E-state index in [9.17, 15) is 29.1 Å². The number of carbonyl (C=O) groups is 4. The summed E-state index contributed by atoms with van der Waals surface area (Å²) in [7, 11) is 1.03. The van der Waals surface area contributed by atoms with E-state index in [2.05, 4.69) is 20.7 Å². The van der Waals surface area contributed by atoms with Crippen molar-refractivity contribution in [2.45, 2.75) is 56.8 Å². The summed E-state index contributed by atoms with van der Waals surface area (Å²) in [6.45, 7) is 5.04. The van der Waals surface area contributed by atoms with Crippen molar-refractivity contribution >= 4 is 50.8 Å². The number of hydrogen-bond donors (Lipinski definition) is 1. The number of benzene rings is 1. The minimum Gasteiger partial charge on any atom is -0.466 e. The standard InChI is InChI=1S/C13H17BrO10.C10H8O2/c1-5(15)21-8-9(22-6(2)16)11(18)24-13(14,12(19)20-4)10(8)23-7(3)17;1-7-6-10(11)12-9-5-3-2-4-8(7)9/h8-11,18H,1-4H3;2-6H,1H3/t8-,9-,10+,11-,13+;/m1./s1. The fourth-order valence-electron chi connectivity index (χ4n) is 3.39. The van der Waals surface area contributed by atoms with E-state index < -0.39 is 53.0 Å². The number of esters is 4. The molecule has 2 aromatic rings. The van der Waals surface area contributed by atoms with Crippen molar-refractivity contribution in [3.8, 4) is 0 Å². The normalized spacial score (nSPS) is 25.1. The third-order valence-corrected chi connectivity index (χ3v) is 5.74. The zero-order valence-electron chi connectivity index (χ0n) is 20.0. The van der Waals surface area contributed by atoms with Crippen LogP contribution in [0.2, 0.25) is 0 Å². The van der Waals surface area contributed by atoms with Crippen molar-refractivity contribution < 1.29 is 52.4 Å². The lowest BCUT2D eigenvalue weighted by Crippen LogP contribution is -2.67. The smallest absolute Gasteiger partial charge is 0.353 e. The summed E-state index contributed by atoms with van der Waals surface area (Å²) in [5, 5.41) is 11.1. The van der Waals surface area contributed by atoms with Crippen molar-refractivity contribution in [1.29, 1.82) is 0 Å². The number of fused-ring (bicyclic) bond motifs is 1. The molecule has 0 unspecified atom stereocenters. The number of methoxy groups -OCH3 is 1. The second kappa shape index (κ2) is 12.1. The second-order valence-electron chi connectivity index (χ2n) is 7.57. The third-order valence-electron chi connectivity index (χ3n) is 4.78. The molecule has 1 aliphatic rings. The molecular formula is C23H25BrO12. The van der Waals surface area contributed by atoms with Gasteiger partial charge < -0.3 is 33.2 Å². The van der Waals surface area contributed by atoms with Gasteiger partial charge in [-0.1, -0.05) is 18.2 Å². The average Bonchev–Trinajstić information content (AvgIpc) is 2.78. The number of aryl methyl sites for hydroxylation is 1. The van der Waals surface area contributed by atoms with Crippen LogP contribution in [0.1, 0.15) is 26.3 Å². The van der Waals surface area contributed by atoms with Gasteiger partial charge in [0.1, 0.15) is 5.58 Å². The van der Waals surface area contributed by atoms with Crippen LogP contribution in [0.25, 0.3) is 11.0 Å². The van der Waals surface area contributed by atoms with Crippen molar-refractivity contribution in [3.05, 3.63) is 46.3 Å². The number of aliphatic hydroxyl groups excluding tert-OH is 1. The zero-order valence-corrected chi connectivity index (χ0v) is 21.6. The van der Waals surface area contributed by atoms with Gasteiger partial charge in [-0.3, -0.25) is 14.4 Å². The quantitative estimate of drug-likeness (QED) is 0.243. The van der Waals surface area contributed by atoms with E-state index >= 15 is 0 Å². The molecule has 0 saturated carbocycles. The molecule has 1 N–H and O–H groups in total. The highest BCUT2D eigenvalue weighted by molar-refractivity contribution is 9.10. The van der Waals surface area contributed by atoms with Gasteiger partial charge in [0.2, 0.25) is 0 Å². The fraction of sp³-hybridized carbons (Fsp3) is 0.435. The predicted octanol–water partition coefficient (Wildman–Crippen LogP) is 1.50. The minimum absolute atomic E-state index is 0.286. The second-order valence-corrected chi connectivity index (χ2v) is 8.75. The van der Waals surface area contributed by atoms with E-state index in [0.717, 1.165) is 38.8 Å². The molecule has 1 aromatic carbocycles. The lowest BCUT2D eigenvalue weighted by molar-refractivity contribution is -0.296. The first-order chi connectivity index (χ1) is 16.8. The van der Waals surface area contributed by atoms with E-state index in [0.29, 0.717) is 5.58 Å². The number of hydrogen-bond acceptors (Lipinski definition) is 12. The molecule has 0 radical (unpaired) electrons. The maximum absolute atomic E-state index is 12.0. The monoisotopic (exact) mass is 572 g/mol. The van der Waals surface area contributed by atoms with Crippen LogP contribution in [0.15, 0.2) is 39.5 Å². The first kappa shape index (κ1) is 28.9. The van der Waals surface area contributed by atoms with Crippen LogP contribution in [-0.2, 0) is 42.9 Å². The van der Waals surface area contributed by atoms with Gasteiger partial charge in [0.25, 0.3) is 4.51 Å². The molecule has 12 nitrogen and oxygen atoms in total. The first-order valence-corrected chi connectivity index (χ1v) is 11.2. The molecule has 13 heteroatoms. The Bertz CT molecular complexity index is 1190. The molecule has 0 amide bonds. The van der Waals surface area contributed by atoms with Crippen molar-refractivity contribution in [2.75, 3.05) is 7.11 Å². The van der Waals surface area contributed by atoms with Crippen LogP contribution < -0.4 is 5.63 Å². The topological polar surface area (TPSA) is 165 Å². The van der Waals surface area contributed by atoms with E-state index in [1.165, 1.54) is 6.07 Å². The van der Waals surface area contributed by atoms with E-state index in [1.54, 1.807) is 6.07 Å². The number of aliphatic hydroxyl groups is 1. The maximum Gasteiger partial charge on any atom is 0.353 e. The third kappa shape index (κ3) is 6.89. The van der Waals surface area contributed by atoms with Crippen LogP contribution in [0, 0.1) is 6.92 Å². The summed E-state index contributed by atoms with van der Waals surface area (Å²) in [4.78, 5) is 57.0. The number of para-hydroxylation sites is 1. The van der Waals surface area contributed by atoms with Gasteiger partial charge in [-0.25, -0.2) is 9.59 Å². The summed E-state index contributed by atoms with van der Waals surface area (Å²) in [5.41, 5.74) is 1.33. The molecule has 3 rings (SSSR count). The minimum atomic E-state index is -2.18. The predicted molar refractivity (Wildman–Crippen MR) is 125 cm³/mol. The summed E-state index contributed by atoms with van der Waals surface area (Å²) >= 11 is 2.92. The largest absolute Gasteiger partial charge is 0.466 e. The molecular weight excluding hydrogens is 548 g/mol. The van der Waals surface area contributed by atoms with Crippen molar-refractivity contribution in [1.82, 2.24) is 0 Å². The molecule has 0 aliphatic carbocycles. The Morgan fingerprint density at radius 1 is 0.972 bits per heavy atom. The van der Waals surface area contributed by atoms with Crippen LogP contribution in [-0.4, -0.2) is 65.2 Å². The van der Waals surface area contributed by atoms with Gasteiger partial charge in [-0.2, -0.15) is 0 Å². The van der Waals surface area contributed by atoms with Gasteiger partial charge in [0.05, 0.1) is 7.11 Å². The van der Waals surface area contributed by atoms with E-state index in [4.69, 9.17) is 23.4 Å². The van der Waals surface area contributed by atoms with E-state index in [-0.39, 0.29) is 5.63 Å². The number of ether oxygens (including phenoxy) is 5. The Hall–Kier alpha value is -3.29. The van der Waals surface area contributed by atoms with Gasteiger partial charge in [0, 0.05) is 32.2 Å². The van der Waals surface area contributed by atoms with Crippen LogP contribution in [0.4, 0.5) is 0 Å². The lowest BCUT2D eigenvalue weighted by atomic mass is 9.97. The van der Waals surface area contributed by atoms with E-state index in [1.807, 2.05) is 25.1 Å². The Kier molecular flexibility index (Phi) is 9.73. The summed E-state index contributed by atoms with van der Waals surface area (Å²) < 4.78 is 27.4. The van der Waals surface area contributed by atoms with Crippen LogP contribution in [0.5, 0.6) is 0 Å². The van der Waals surface area contributed by atoms with Gasteiger partial charge >= 0.3 is 29.5 Å². The Labute approximate surface area is 213 Å². The highest BCUT2D eigenvalue weighted by Crippen LogP contribution is 2.40. The highest BCUT2D eigenvalue weighted by atomic mass is 79.9. The molecule has 196 valence electrons. The zero-order chi connectivity index (χ0) is 27.2. The Morgan fingerprint density at radius 3 is 2.08 bits per heavy atom. The molecule has 36 heavy (non-hydrogen) atoms. The van der Waals surface area contributed by atoms with Crippen LogP contribution >= 0.6 is 15.9 Å². The summed E-state index contributed by atoms with van der Waals surface area (Å²) in [6, 6.07) is 9.01. The molecule has 5 atom stereocenters. The van der Waals surface area contributed by atoms with Crippen molar-refractivity contribution in [2.24, 2.45) is 0 Å². The van der Waals surface area contributed by atoms with Gasteiger partial charge in [-0.15, -0.1) is 0 Å². The average molecular weight is 573 g/mol.